The van der Waals surface area contributed by atoms with Gasteiger partial charge in [-0.05, 0) is 33.8 Å². The molecule has 1 heterocycles. The Morgan fingerprint density at radius 2 is 2.38 bits per heavy atom. The molecule has 1 aliphatic rings. The first kappa shape index (κ1) is 12.6. The molecule has 0 aliphatic heterocycles. The van der Waals surface area contributed by atoms with Crippen molar-refractivity contribution in [2.24, 2.45) is 5.41 Å². The van der Waals surface area contributed by atoms with Gasteiger partial charge < -0.3 is 10.1 Å². The van der Waals surface area contributed by atoms with Gasteiger partial charge in [-0.25, -0.2) is 0 Å². The third kappa shape index (κ3) is 2.21. The van der Waals surface area contributed by atoms with Crippen LogP contribution in [-0.4, -0.2) is 19.3 Å². The van der Waals surface area contributed by atoms with Gasteiger partial charge in [0.25, 0.3) is 0 Å². The minimum absolute atomic E-state index is 0.248. The van der Waals surface area contributed by atoms with Gasteiger partial charge in [0.2, 0.25) is 0 Å². The largest absolute Gasteiger partial charge is 0.381 e. The molecular formula is C12H18BrNOS. The lowest BCUT2D eigenvalue weighted by atomic mass is 9.64. The molecule has 2 unspecified atom stereocenters. The van der Waals surface area contributed by atoms with E-state index in [9.17, 15) is 0 Å². The number of methoxy groups -OCH3 is 1. The van der Waals surface area contributed by atoms with Crippen molar-refractivity contribution < 1.29 is 4.74 Å². The normalized spacial score (nSPS) is 27.8. The minimum atomic E-state index is 0.248. The molecule has 2 atom stereocenters. The lowest BCUT2D eigenvalue weighted by Crippen LogP contribution is -2.60. The Labute approximate surface area is 110 Å². The Balaban J connectivity index is 1.87. The number of ether oxygens (including phenoxy) is 1. The van der Waals surface area contributed by atoms with E-state index in [0.29, 0.717) is 12.1 Å². The summed E-state index contributed by atoms with van der Waals surface area (Å²) in [5, 5.41) is 5.73. The maximum atomic E-state index is 5.45. The standard InChI is InChI=1S/C12H18BrNOS/c1-12(2)10(6-11(12)15-3)14-7-9-8(13)4-5-16-9/h4-5,10-11,14H,6-7H2,1-3H3. The van der Waals surface area contributed by atoms with Crippen molar-refractivity contribution in [2.45, 2.75) is 39.0 Å². The summed E-state index contributed by atoms with van der Waals surface area (Å²) >= 11 is 5.35. The van der Waals surface area contributed by atoms with E-state index in [1.54, 1.807) is 18.4 Å². The lowest BCUT2D eigenvalue weighted by Gasteiger charge is -2.51. The van der Waals surface area contributed by atoms with E-state index in [2.05, 4.69) is 46.5 Å². The SMILES string of the molecule is COC1CC(NCc2sccc2Br)C1(C)C. The van der Waals surface area contributed by atoms with E-state index in [1.807, 2.05) is 0 Å². The monoisotopic (exact) mass is 303 g/mol. The molecule has 1 fully saturated rings. The highest BCUT2D eigenvalue weighted by Crippen LogP contribution is 2.42. The highest BCUT2D eigenvalue weighted by molar-refractivity contribution is 9.10. The third-order valence-corrected chi connectivity index (χ3v) is 5.59. The number of rotatable bonds is 4. The average molecular weight is 304 g/mol. The van der Waals surface area contributed by atoms with Crippen LogP contribution in [-0.2, 0) is 11.3 Å². The summed E-state index contributed by atoms with van der Waals surface area (Å²) in [6.45, 7) is 5.49. The molecule has 1 aromatic rings. The molecule has 1 aromatic heterocycles. The Kier molecular flexibility index (Phi) is 3.74. The van der Waals surface area contributed by atoms with E-state index in [1.165, 1.54) is 9.35 Å². The molecule has 90 valence electrons. The second-order valence-electron chi connectivity index (χ2n) is 4.91. The van der Waals surface area contributed by atoms with Crippen molar-refractivity contribution in [3.63, 3.8) is 0 Å². The van der Waals surface area contributed by atoms with Crippen molar-refractivity contribution in [1.82, 2.24) is 5.32 Å². The molecular weight excluding hydrogens is 286 g/mol. The lowest BCUT2D eigenvalue weighted by molar-refractivity contribution is -0.0978. The van der Waals surface area contributed by atoms with Gasteiger partial charge in [0.15, 0.2) is 0 Å². The van der Waals surface area contributed by atoms with Gasteiger partial charge in [-0.2, -0.15) is 0 Å². The molecule has 2 rings (SSSR count). The van der Waals surface area contributed by atoms with Crippen LogP contribution in [0.4, 0.5) is 0 Å². The van der Waals surface area contributed by atoms with Crippen LogP contribution in [0.5, 0.6) is 0 Å². The fourth-order valence-corrected chi connectivity index (χ4v) is 3.74. The van der Waals surface area contributed by atoms with Gasteiger partial charge >= 0.3 is 0 Å². The van der Waals surface area contributed by atoms with Crippen LogP contribution in [0.25, 0.3) is 0 Å². The summed E-state index contributed by atoms with van der Waals surface area (Å²) in [6, 6.07) is 2.66. The Morgan fingerprint density at radius 1 is 1.62 bits per heavy atom. The van der Waals surface area contributed by atoms with Gasteiger partial charge in [0.1, 0.15) is 0 Å². The smallest absolute Gasteiger partial charge is 0.0652 e. The second-order valence-corrected chi connectivity index (χ2v) is 6.76. The van der Waals surface area contributed by atoms with E-state index in [0.717, 1.165) is 13.0 Å². The van der Waals surface area contributed by atoms with Gasteiger partial charge in [0.05, 0.1) is 6.10 Å². The zero-order valence-electron chi connectivity index (χ0n) is 9.92. The Bertz CT molecular complexity index is 364. The van der Waals surface area contributed by atoms with Crippen LogP contribution in [0, 0.1) is 5.41 Å². The number of thiophene rings is 1. The topological polar surface area (TPSA) is 21.3 Å². The first-order chi connectivity index (χ1) is 7.55. The zero-order valence-corrected chi connectivity index (χ0v) is 12.3. The van der Waals surface area contributed by atoms with Crippen LogP contribution in [0.3, 0.4) is 0 Å². The fraction of sp³-hybridized carbons (Fsp3) is 0.667. The summed E-state index contributed by atoms with van der Waals surface area (Å²) in [7, 11) is 1.80. The minimum Gasteiger partial charge on any atom is -0.381 e. The van der Waals surface area contributed by atoms with E-state index in [-0.39, 0.29) is 5.41 Å². The van der Waals surface area contributed by atoms with Crippen LogP contribution in [0.2, 0.25) is 0 Å². The predicted octanol–water partition coefficient (Wildman–Crippen LogP) is 3.41. The summed E-state index contributed by atoms with van der Waals surface area (Å²) in [6.07, 6.45) is 1.52. The maximum Gasteiger partial charge on any atom is 0.0652 e. The highest BCUT2D eigenvalue weighted by Gasteiger charge is 2.48. The summed E-state index contributed by atoms with van der Waals surface area (Å²) in [5.74, 6) is 0. The van der Waals surface area contributed by atoms with Crippen molar-refractivity contribution in [3.05, 3.63) is 20.8 Å². The van der Waals surface area contributed by atoms with E-state index >= 15 is 0 Å². The van der Waals surface area contributed by atoms with Crippen molar-refractivity contribution in [3.8, 4) is 0 Å². The third-order valence-electron chi connectivity index (χ3n) is 3.66. The number of nitrogens with one attached hydrogen (secondary N) is 1. The number of hydrogen-bond donors (Lipinski definition) is 1. The molecule has 0 radical (unpaired) electrons. The molecule has 4 heteroatoms. The van der Waals surface area contributed by atoms with Crippen LogP contribution in [0.15, 0.2) is 15.9 Å². The maximum absolute atomic E-state index is 5.45. The number of halogens is 1. The van der Waals surface area contributed by atoms with E-state index in [4.69, 9.17) is 4.74 Å². The molecule has 1 N–H and O–H groups in total. The molecule has 0 saturated heterocycles. The molecule has 0 spiro atoms. The van der Waals surface area contributed by atoms with Crippen molar-refractivity contribution in [1.29, 1.82) is 0 Å². The summed E-state index contributed by atoms with van der Waals surface area (Å²) < 4.78 is 6.66. The van der Waals surface area contributed by atoms with Crippen LogP contribution < -0.4 is 5.32 Å². The molecule has 0 amide bonds. The summed E-state index contributed by atoms with van der Waals surface area (Å²) in [4.78, 5) is 1.37. The van der Waals surface area contributed by atoms with Gasteiger partial charge in [-0.15, -0.1) is 11.3 Å². The first-order valence-electron chi connectivity index (χ1n) is 5.53. The predicted molar refractivity (Wildman–Crippen MR) is 71.8 cm³/mol. The fourth-order valence-electron chi connectivity index (χ4n) is 2.30. The second kappa shape index (κ2) is 4.77. The first-order valence-corrected chi connectivity index (χ1v) is 7.21. The van der Waals surface area contributed by atoms with Crippen LogP contribution in [0.1, 0.15) is 25.1 Å². The highest BCUT2D eigenvalue weighted by atomic mass is 79.9. The quantitative estimate of drug-likeness (QED) is 0.920. The number of hydrogen-bond acceptors (Lipinski definition) is 3. The Hall–Kier alpha value is 0.100. The molecule has 2 nitrogen and oxygen atoms in total. The Morgan fingerprint density at radius 3 is 2.88 bits per heavy atom. The molecule has 16 heavy (non-hydrogen) atoms. The molecule has 0 aromatic carbocycles. The summed E-state index contributed by atoms with van der Waals surface area (Å²) in [5.41, 5.74) is 0.248. The van der Waals surface area contributed by atoms with Gasteiger partial charge in [-0.1, -0.05) is 13.8 Å². The van der Waals surface area contributed by atoms with Crippen LogP contribution >= 0.6 is 27.3 Å². The molecule has 1 aliphatic carbocycles. The zero-order chi connectivity index (χ0) is 11.8. The molecule has 0 bridgehead atoms. The van der Waals surface area contributed by atoms with Crippen molar-refractivity contribution >= 4 is 27.3 Å². The van der Waals surface area contributed by atoms with E-state index < -0.39 is 0 Å². The van der Waals surface area contributed by atoms with Gasteiger partial charge in [-0.3, -0.25) is 0 Å². The van der Waals surface area contributed by atoms with Gasteiger partial charge in [0, 0.05) is 34.5 Å². The molecule has 1 saturated carbocycles. The average Bonchev–Trinajstić information content (AvgIpc) is 2.63. The van der Waals surface area contributed by atoms with Crippen molar-refractivity contribution in [2.75, 3.05) is 7.11 Å².